The highest BCUT2D eigenvalue weighted by atomic mass is 16.6. The third-order valence-corrected chi connectivity index (χ3v) is 9.46. The fraction of sp³-hybridized carbons (Fsp3) is 0.548. The maximum absolute atomic E-state index is 13.1. The molecule has 0 unspecified atom stereocenters. The Morgan fingerprint density at radius 1 is 1.10 bits per heavy atom. The molecule has 0 radical (unpaired) electrons. The van der Waals surface area contributed by atoms with Crippen LogP contribution in [0.3, 0.4) is 0 Å². The minimum absolute atomic E-state index is 0.0289. The van der Waals surface area contributed by atoms with E-state index in [0.717, 1.165) is 16.7 Å². The third-order valence-electron chi connectivity index (χ3n) is 9.46. The first-order valence-corrected chi connectivity index (χ1v) is 13.3. The van der Waals surface area contributed by atoms with E-state index in [2.05, 4.69) is 12.7 Å². The predicted molar refractivity (Wildman–Crippen MR) is 142 cm³/mol. The lowest BCUT2D eigenvalue weighted by atomic mass is 9.47. The van der Waals surface area contributed by atoms with Gasteiger partial charge in [0.1, 0.15) is 12.2 Å². The normalized spacial score (nSPS) is 35.2. The topological polar surface area (TPSA) is 109 Å². The summed E-state index contributed by atoms with van der Waals surface area (Å²) in [5.41, 5.74) is -0.0226. The van der Waals surface area contributed by atoms with Gasteiger partial charge in [0.15, 0.2) is 5.78 Å². The van der Waals surface area contributed by atoms with Gasteiger partial charge in [-0.1, -0.05) is 46.4 Å². The lowest BCUT2D eigenvalue weighted by Crippen LogP contribution is -2.61. The van der Waals surface area contributed by atoms with Crippen molar-refractivity contribution in [2.75, 3.05) is 7.11 Å². The summed E-state index contributed by atoms with van der Waals surface area (Å²) < 4.78 is 22.5. The number of rotatable bonds is 6. The van der Waals surface area contributed by atoms with Crippen molar-refractivity contribution in [1.82, 2.24) is 0 Å². The Morgan fingerprint density at radius 2 is 1.77 bits per heavy atom. The van der Waals surface area contributed by atoms with Crippen LogP contribution in [-0.4, -0.2) is 43.0 Å². The van der Waals surface area contributed by atoms with Crippen LogP contribution < -0.4 is 0 Å². The van der Waals surface area contributed by atoms with Crippen LogP contribution in [0.1, 0.15) is 65.9 Å². The minimum Gasteiger partial charge on any atom is -0.472 e. The minimum atomic E-state index is -0.938. The van der Waals surface area contributed by atoms with Crippen LogP contribution in [-0.2, 0) is 33.4 Å². The molecule has 8 heteroatoms. The molecule has 0 bridgehead atoms. The second kappa shape index (κ2) is 9.96. The Bertz CT molecular complexity index is 1250. The highest BCUT2D eigenvalue weighted by molar-refractivity contribution is 5.96. The lowest BCUT2D eigenvalue weighted by Gasteiger charge is -2.58. The molecule has 7 atom stereocenters. The number of carbonyl (C=O) groups is 4. The van der Waals surface area contributed by atoms with E-state index in [-0.39, 0.29) is 18.1 Å². The molecule has 8 nitrogen and oxygen atoms in total. The highest BCUT2D eigenvalue weighted by Crippen LogP contribution is 2.65. The van der Waals surface area contributed by atoms with Gasteiger partial charge >= 0.3 is 17.9 Å². The zero-order valence-corrected chi connectivity index (χ0v) is 23.7. The summed E-state index contributed by atoms with van der Waals surface area (Å²) in [4.78, 5) is 50.9. The van der Waals surface area contributed by atoms with Gasteiger partial charge < -0.3 is 18.6 Å². The van der Waals surface area contributed by atoms with E-state index < -0.39 is 58.2 Å². The van der Waals surface area contributed by atoms with Crippen LogP contribution in [0.25, 0.3) is 0 Å². The Morgan fingerprint density at radius 3 is 2.33 bits per heavy atom. The van der Waals surface area contributed by atoms with E-state index in [1.807, 2.05) is 33.8 Å². The number of allylic oxidation sites excluding steroid dienone is 3. The average molecular weight is 539 g/mol. The largest absolute Gasteiger partial charge is 0.472 e. The van der Waals surface area contributed by atoms with Crippen LogP contribution in [0.2, 0.25) is 0 Å². The fourth-order valence-corrected chi connectivity index (χ4v) is 7.55. The Kier molecular flexibility index (Phi) is 7.30. The zero-order valence-electron chi connectivity index (χ0n) is 23.7. The van der Waals surface area contributed by atoms with Crippen molar-refractivity contribution in [2.45, 2.75) is 72.5 Å². The van der Waals surface area contributed by atoms with Gasteiger partial charge in [0.25, 0.3) is 0 Å². The van der Waals surface area contributed by atoms with Crippen molar-refractivity contribution in [3.63, 3.8) is 0 Å². The number of ketones is 1. The first kappa shape index (κ1) is 28.6. The molecule has 0 amide bonds. The summed E-state index contributed by atoms with van der Waals surface area (Å²) in [5.74, 6) is -2.85. The molecule has 3 aliphatic carbocycles. The summed E-state index contributed by atoms with van der Waals surface area (Å²) in [6, 6.07) is 1.89. The lowest BCUT2D eigenvalue weighted by molar-refractivity contribution is -0.190. The van der Waals surface area contributed by atoms with Crippen LogP contribution in [0.4, 0.5) is 0 Å². The molecule has 0 aliphatic heterocycles. The molecule has 0 aromatic carbocycles. The number of esters is 3. The Balaban J connectivity index is 1.95. The van der Waals surface area contributed by atoms with Crippen LogP contribution >= 0.6 is 0 Å². The molecule has 1 heterocycles. The van der Waals surface area contributed by atoms with Crippen LogP contribution in [0, 0.1) is 28.1 Å². The zero-order chi connectivity index (χ0) is 28.9. The van der Waals surface area contributed by atoms with E-state index in [1.165, 1.54) is 27.0 Å². The second-order valence-electron chi connectivity index (χ2n) is 12.0. The first-order valence-electron chi connectivity index (χ1n) is 13.3. The molecule has 4 rings (SSSR count). The first-order chi connectivity index (χ1) is 18.2. The van der Waals surface area contributed by atoms with Crippen molar-refractivity contribution in [1.29, 1.82) is 0 Å². The number of methoxy groups -OCH3 is 1. The van der Waals surface area contributed by atoms with E-state index in [4.69, 9.17) is 18.6 Å². The standard InChI is InChI=1S/C31H38O8/c1-17-21-9-10-22(20-12-14-37-16-20)31(21,7)28(39-19(3)33)27(38-18(2)32)26(17)30(6)13-11-24(34)29(4,5)23(30)15-25(35)36-8/h9,11-14,16,22-23,26-28H,1,10,15H2,2-8H3/t22-,23+,26-,27-,28+,30+,31-/m1/s1. The van der Waals surface area contributed by atoms with Crippen molar-refractivity contribution >= 4 is 23.7 Å². The summed E-state index contributed by atoms with van der Waals surface area (Å²) in [7, 11) is 1.32. The highest BCUT2D eigenvalue weighted by Gasteiger charge is 2.65. The van der Waals surface area contributed by atoms with Gasteiger partial charge in [-0.25, -0.2) is 0 Å². The summed E-state index contributed by atoms with van der Waals surface area (Å²) in [6.07, 6.45) is 7.54. The third kappa shape index (κ3) is 4.47. The number of carbonyl (C=O) groups excluding carboxylic acids is 4. The Hall–Kier alpha value is -3.42. The van der Waals surface area contributed by atoms with Gasteiger partial charge in [0.05, 0.1) is 26.1 Å². The van der Waals surface area contributed by atoms with Crippen molar-refractivity contribution < 1.29 is 37.8 Å². The molecule has 0 spiro atoms. The molecule has 1 aromatic rings. The molecule has 3 aliphatic rings. The van der Waals surface area contributed by atoms with E-state index in [1.54, 1.807) is 18.6 Å². The van der Waals surface area contributed by atoms with Gasteiger partial charge in [-0.05, 0) is 41.2 Å². The average Bonchev–Trinajstić information content (AvgIpc) is 3.50. The van der Waals surface area contributed by atoms with Crippen molar-refractivity contribution in [3.05, 3.63) is 60.1 Å². The molecule has 39 heavy (non-hydrogen) atoms. The van der Waals surface area contributed by atoms with Gasteiger partial charge in [0.2, 0.25) is 0 Å². The van der Waals surface area contributed by atoms with Gasteiger partial charge in [-0.2, -0.15) is 0 Å². The smallest absolute Gasteiger partial charge is 0.305 e. The summed E-state index contributed by atoms with van der Waals surface area (Å²) in [5, 5.41) is 0. The molecular formula is C31H38O8. The fourth-order valence-electron chi connectivity index (χ4n) is 7.55. The van der Waals surface area contributed by atoms with Crippen molar-refractivity contribution in [2.24, 2.45) is 28.1 Å². The second-order valence-corrected chi connectivity index (χ2v) is 12.0. The maximum Gasteiger partial charge on any atom is 0.305 e. The predicted octanol–water partition coefficient (Wildman–Crippen LogP) is 5.10. The maximum atomic E-state index is 13.1. The summed E-state index contributed by atoms with van der Waals surface area (Å²) >= 11 is 0. The van der Waals surface area contributed by atoms with E-state index in [9.17, 15) is 19.2 Å². The van der Waals surface area contributed by atoms with E-state index >= 15 is 0 Å². The van der Waals surface area contributed by atoms with Gasteiger partial charge in [-0.15, -0.1) is 0 Å². The van der Waals surface area contributed by atoms with Gasteiger partial charge in [-0.3, -0.25) is 19.2 Å². The molecule has 210 valence electrons. The number of hydrogen-bond acceptors (Lipinski definition) is 8. The molecule has 1 saturated carbocycles. The molecule has 1 fully saturated rings. The molecule has 0 saturated heterocycles. The monoisotopic (exact) mass is 538 g/mol. The number of ether oxygens (including phenoxy) is 3. The Labute approximate surface area is 229 Å². The summed E-state index contributed by atoms with van der Waals surface area (Å²) in [6.45, 7) is 14.8. The van der Waals surface area contributed by atoms with Gasteiger partial charge in [0, 0.05) is 41.9 Å². The molecule has 1 aromatic heterocycles. The molecule has 0 N–H and O–H groups in total. The SMILES string of the molecule is C=C1C2=CC[C@H](c3ccoc3)[C@]2(C)[C@@H](OC(C)=O)[C@H](OC(C)=O)[C@@H]1[C@@]1(C)C=CC(=O)C(C)(C)[C@@H]1CC(=O)OC. The van der Waals surface area contributed by atoms with Crippen LogP contribution in [0.15, 0.2) is 59.0 Å². The quantitative estimate of drug-likeness (QED) is 0.364. The van der Waals surface area contributed by atoms with Crippen LogP contribution in [0.5, 0.6) is 0 Å². The number of hydrogen-bond donors (Lipinski definition) is 0. The number of fused-ring (bicyclic) bond motifs is 1. The van der Waals surface area contributed by atoms with E-state index in [0.29, 0.717) is 6.42 Å². The molecular weight excluding hydrogens is 500 g/mol. The number of furan rings is 1. The van der Waals surface area contributed by atoms with Crippen molar-refractivity contribution in [3.8, 4) is 0 Å².